The Bertz CT molecular complexity index is 932. The second-order valence-corrected chi connectivity index (χ2v) is 8.90. The maximum Gasteiger partial charge on any atom is 0.414 e. The van der Waals surface area contributed by atoms with E-state index in [1.807, 2.05) is 12.1 Å². The molecule has 1 saturated heterocycles. The molecule has 1 fully saturated rings. The summed E-state index contributed by atoms with van der Waals surface area (Å²) in [6.45, 7) is 6.94. The van der Waals surface area contributed by atoms with E-state index in [9.17, 15) is 5.11 Å². The predicted octanol–water partition coefficient (Wildman–Crippen LogP) is 3.58. The summed E-state index contributed by atoms with van der Waals surface area (Å²) < 4.78 is 5.84. The van der Waals surface area contributed by atoms with Gasteiger partial charge in [-0.25, -0.2) is 9.59 Å². The molecule has 7 nitrogen and oxygen atoms in total. The molecule has 150 valence electrons. The van der Waals surface area contributed by atoms with Crippen molar-refractivity contribution in [3.8, 4) is 5.75 Å². The number of benzene rings is 1. The first-order chi connectivity index (χ1) is 13.1. The number of phenolic OH excluding ortho intramolecular Hbond substituents is 1. The first kappa shape index (κ1) is 20.3. The van der Waals surface area contributed by atoms with Crippen LogP contribution in [-0.2, 0) is 9.59 Å². The van der Waals surface area contributed by atoms with Crippen LogP contribution < -0.4 is 0 Å². The Balaban J connectivity index is 0.000000330. The van der Waals surface area contributed by atoms with Gasteiger partial charge in [0.15, 0.2) is 0 Å². The van der Waals surface area contributed by atoms with Crippen molar-refractivity contribution in [2.45, 2.75) is 57.7 Å². The van der Waals surface area contributed by atoms with Gasteiger partial charge in [-0.15, -0.1) is 0 Å². The van der Waals surface area contributed by atoms with Crippen molar-refractivity contribution in [2.75, 3.05) is 0 Å². The van der Waals surface area contributed by atoms with Crippen molar-refractivity contribution < 1.29 is 24.9 Å². The molecule has 0 saturated carbocycles. The molecule has 4 rings (SSSR count). The van der Waals surface area contributed by atoms with E-state index in [4.69, 9.17) is 19.8 Å². The number of aromatic hydroxyl groups is 1. The minimum absolute atomic E-state index is 0.219. The van der Waals surface area contributed by atoms with Crippen LogP contribution in [0.3, 0.4) is 0 Å². The van der Waals surface area contributed by atoms with Crippen LogP contribution in [-0.4, -0.2) is 54.2 Å². The first-order valence-electron chi connectivity index (χ1n) is 9.12. The molecule has 1 aromatic carbocycles. The molecule has 8 heteroatoms. The van der Waals surface area contributed by atoms with Crippen LogP contribution in [0.15, 0.2) is 24.3 Å². The van der Waals surface area contributed by atoms with Crippen LogP contribution in [0, 0.1) is 0 Å². The molecule has 2 aliphatic heterocycles. The number of aliphatic carboxylic acids is 2. The smallest absolute Gasteiger partial charge is 0.414 e. The average Bonchev–Trinajstić information content (AvgIpc) is 3.13. The fourth-order valence-electron chi connectivity index (χ4n) is 4.21. The molecule has 2 aromatic rings. The van der Waals surface area contributed by atoms with E-state index in [0.29, 0.717) is 17.8 Å². The summed E-state index contributed by atoms with van der Waals surface area (Å²) >= 11 is 1.53. The molecule has 2 atom stereocenters. The molecule has 3 N–H and O–H groups in total. The molecule has 0 aliphatic carbocycles. The van der Waals surface area contributed by atoms with Crippen LogP contribution in [0.5, 0.6) is 5.75 Å². The standard InChI is InChI=1S/C18H22N2OS.C2H2O4/c1-18(2,3)20-12-4-5-13(20)9-11(8-12)17-15-10-14(21)6-7-16(15)22-19-17;3-1(4)2(5)6/h6-8,10,12-13,21H,4-5,9H2,1-3H3;(H,3,4)(H,5,6). The highest BCUT2D eigenvalue weighted by Crippen LogP contribution is 2.43. The number of phenols is 1. The number of hydrogen-bond donors (Lipinski definition) is 3. The number of carboxylic acids is 2. The number of nitrogens with zero attached hydrogens (tertiary/aromatic N) is 2. The third kappa shape index (κ3) is 4.02. The number of aromatic nitrogens is 1. The molecule has 3 heterocycles. The van der Waals surface area contributed by atoms with Crippen molar-refractivity contribution >= 4 is 39.1 Å². The van der Waals surface area contributed by atoms with Gasteiger partial charge in [0.25, 0.3) is 0 Å². The van der Waals surface area contributed by atoms with Gasteiger partial charge in [0.1, 0.15) is 5.75 Å². The Morgan fingerprint density at radius 2 is 1.86 bits per heavy atom. The molecular formula is C20H24N2O5S. The number of fused-ring (bicyclic) bond motifs is 3. The summed E-state index contributed by atoms with van der Waals surface area (Å²) in [4.78, 5) is 20.9. The van der Waals surface area contributed by atoms with E-state index in [2.05, 4.69) is 36.1 Å². The number of rotatable bonds is 1. The van der Waals surface area contributed by atoms with E-state index < -0.39 is 11.9 Å². The minimum atomic E-state index is -1.82. The van der Waals surface area contributed by atoms with Gasteiger partial charge in [0.05, 0.1) is 10.4 Å². The lowest BCUT2D eigenvalue weighted by atomic mass is 9.92. The topological polar surface area (TPSA) is 111 Å². The molecule has 2 unspecified atom stereocenters. The minimum Gasteiger partial charge on any atom is -0.508 e. The van der Waals surface area contributed by atoms with E-state index in [-0.39, 0.29) is 5.54 Å². The van der Waals surface area contributed by atoms with Gasteiger partial charge in [0.2, 0.25) is 0 Å². The third-order valence-corrected chi connectivity index (χ3v) is 5.94. The summed E-state index contributed by atoms with van der Waals surface area (Å²) in [6, 6.07) is 6.71. The van der Waals surface area contributed by atoms with Crippen molar-refractivity contribution in [3.05, 3.63) is 30.0 Å². The van der Waals surface area contributed by atoms with Crippen LogP contribution in [0.4, 0.5) is 0 Å². The lowest BCUT2D eigenvalue weighted by Gasteiger charge is -2.43. The summed E-state index contributed by atoms with van der Waals surface area (Å²) in [7, 11) is 0. The SMILES string of the molecule is CC(C)(C)N1C2C=C(c3nsc4ccc(O)cc34)CC1CC2.O=C(O)C(=O)O. The quantitative estimate of drug-likeness (QED) is 0.623. The number of carboxylic acid groups (broad SMARTS) is 2. The highest BCUT2D eigenvalue weighted by molar-refractivity contribution is 7.13. The molecule has 2 aliphatic rings. The predicted molar refractivity (Wildman–Crippen MR) is 108 cm³/mol. The largest absolute Gasteiger partial charge is 0.508 e. The molecule has 2 bridgehead atoms. The lowest BCUT2D eigenvalue weighted by molar-refractivity contribution is -0.159. The molecule has 1 aromatic heterocycles. The Morgan fingerprint density at radius 3 is 2.43 bits per heavy atom. The Labute approximate surface area is 167 Å². The Morgan fingerprint density at radius 1 is 1.18 bits per heavy atom. The molecule has 0 radical (unpaired) electrons. The van der Waals surface area contributed by atoms with Gasteiger partial charge >= 0.3 is 11.9 Å². The van der Waals surface area contributed by atoms with Gasteiger partial charge in [-0.1, -0.05) is 6.08 Å². The second kappa shape index (κ2) is 7.52. The zero-order valence-electron chi connectivity index (χ0n) is 16.0. The van der Waals surface area contributed by atoms with Gasteiger partial charge in [0, 0.05) is 23.0 Å². The van der Waals surface area contributed by atoms with E-state index in [1.54, 1.807) is 6.07 Å². The van der Waals surface area contributed by atoms with Crippen LogP contribution in [0.2, 0.25) is 0 Å². The van der Waals surface area contributed by atoms with Gasteiger partial charge in [-0.05, 0) is 75.3 Å². The van der Waals surface area contributed by atoms with Crippen molar-refractivity contribution in [3.63, 3.8) is 0 Å². The third-order valence-electron chi connectivity index (χ3n) is 5.11. The Hall–Kier alpha value is -2.45. The van der Waals surface area contributed by atoms with Gasteiger partial charge in [-0.3, -0.25) is 4.90 Å². The fraction of sp³-hybridized carbons (Fsp3) is 0.450. The summed E-state index contributed by atoms with van der Waals surface area (Å²) in [6.07, 6.45) is 6.02. The molecular weight excluding hydrogens is 380 g/mol. The van der Waals surface area contributed by atoms with E-state index in [0.717, 1.165) is 22.2 Å². The highest BCUT2D eigenvalue weighted by Gasteiger charge is 2.42. The average molecular weight is 404 g/mol. The maximum absolute atomic E-state index is 9.79. The van der Waals surface area contributed by atoms with Crippen molar-refractivity contribution in [1.82, 2.24) is 9.27 Å². The number of carbonyl (C=O) groups is 2. The zero-order chi connectivity index (χ0) is 20.6. The van der Waals surface area contributed by atoms with Crippen LogP contribution in [0.1, 0.15) is 45.7 Å². The number of hydrogen-bond acceptors (Lipinski definition) is 6. The highest BCUT2D eigenvalue weighted by atomic mass is 32.1. The molecule has 0 amide bonds. The van der Waals surface area contributed by atoms with Crippen molar-refractivity contribution in [2.24, 2.45) is 0 Å². The normalized spacial score (nSPS) is 21.8. The van der Waals surface area contributed by atoms with E-state index in [1.165, 1.54) is 29.9 Å². The lowest BCUT2D eigenvalue weighted by Crippen LogP contribution is -2.50. The Kier molecular flexibility index (Phi) is 5.45. The zero-order valence-corrected chi connectivity index (χ0v) is 16.9. The second-order valence-electron chi connectivity index (χ2n) is 8.09. The fourth-order valence-corrected chi connectivity index (χ4v) is 5.00. The molecule has 28 heavy (non-hydrogen) atoms. The summed E-state index contributed by atoms with van der Waals surface area (Å²) in [5.74, 6) is -3.32. The monoisotopic (exact) mass is 404 g/mol. The van der Waals surface area contributed by atoms with Gasteiger partial charge in [-0.2, -0.15) is 4.37 Å². The van der Waals surface area contributed by atoms with Crippen LogP contribution in [0.25, 0.3) is 15.7 Å². The van der Waals surface area contributed by atoms with Crippen LogP contribution >= 0.6 is 11.5 Å². The van der Waals surface area contributed by atoms with Crippen molar-refractivity contribution in [1.29, 1.82) is 0 Å². The van der Waals surface area contributed by atoms with Gasteiger partial charge < -0.3 is 15.3 Å². The summed E-state index contributed by atoms with van der Waals surface area (Å²) in [5.41, 5.74) is 2.67. The first-order valence-corrected chi connectivity index (χ1v) is 9.89. The maximum atomic E-state index is 9.79. The summed E-state index contributed by atoms with van der Waals surface area (Å²) in [5, 5.41) is 25.7. The van der Waals surface area contributed by atoms with E-state index >= 15 is 0 Å². The molecule has 0 spiro atoms.